The van der Waals surface area contributed by atoms with Crippen molar-refractivity contribution in [1.29, 1.82) is 5.41 Å². The van der Waals surface area contributed by atoms with Crippen LogP contribution in [0.2, 0.25) is 0 Å². The van der Waals surface area contributed by atoms with Gasteiger partial charge in [-0.25, -0.2) is 4.98 Å². The molecule has 0 unspecified atom stereocenters. The number of aryl methyl sites for hydroxylation is 1. The number of aromatic nitrogens is 1. The maximum atomic E-state index is 6.99. The fourth-order valence-corrected chi connectivity index (χ4v) is 1.44. The minimum absolute atomic E-state index is 0. The molecule has 11 heavy (non-hydrogen) atoms. The van der Waals surface area contributed by atoms with E-state index in [1.165, 1.54) is 0 Å². The van der Waals surface area contributed by atoms with Crippen molar-refractivity contribution in [3.8, 4) is 0 Å². The quantitative estimate of drug-likeness (QED) is 0.490. The summed E-state index contributed by atoms with van der Waals surface area (Å²) in [5.41, 5.74) is 6.18. The van der Waals surface area contributed by atoms with Crippen molar-refractivity contribution in [1.82, 2.24) is 4.98 Å². The van der Waals surface area contributed by atoms with E-state index in [4.69, 9.17) is 11.1 Å². The van der Waals surface area contributed by atoms with Gasteiger partial charge < -0.3 is 11.2 Å². The van der Waals surface area contributed by atoms with Crippen molar-refractivity contribution < 1.29 is 5.48 Å². The normalized spacial score (nSPS) is 8.82. The lowest BCUT2D eigenvalue weighted by Crippen LogP contribution is -2.12. The second-order valence-electron chi connectivity index (χ2n) is 2.08. The fraction of sp³-hybridized carbons (Fsp3) is 0.333. The summed E-state index contributed by atoms with van der Waals surface area (Å²) in [4.78, 5) is 4.15. The summed E-state index contributed by atoms with van der Waals surface area (Å²) in [5.74, 6) is 0.175. The van der Waals surface area contributed by atoms with Crippen molar-refractivity contribution in [2.45, 2.75) is 13.3 Å². The molecule has 4 nitrogen and oxygen atoms in total. The molecule has 0 saturated carbocycles. The Hall–Kier alpha value is -0.940. The van der Waals surface area contributed by atoms with Gasteiger partial charge in [0.15, 0.2) is 0 Å². The number of amidine groups is 1. The molecule has 0 spiro atoms. The molecular weight excluding hydrogens is 162 g/mol. The van der Waals surface area contributed by atoms with Gasteiger partial charge in [0.05, 0.1) is 12.3 Å². The van der Waals surface area contributed by atoms with Crippen molar-refractivity contribution in [2.24, 2.45) is 5.73 Å². The van der Waals surface area contributed by atoms with Gasteiger partial charge in [-0.15, -0.1) is 11.3 Å². The first-order valence-electron chi connectivity index (χ1n) is 2.92. The Morgan fingerprint density at radius 2 is 2.45 bits per heavy atom. The summed E-state index contributed by atoms with van der Waals surface area (Å²) in [7, 11) is 0. The molecule has 0 aliphatic heterocycles. The Balaban J connectivity index is 0.000001000. The smallest absolute Gasteiger partial charge is 0.100 e. The lowest BCUT2D eigenvalue weighted by atomic mass is 10.4. The number of thiazole rings is 1. The Morgan fingerprint density at radius 3 is 2.82 bits per heavy atom. The van der Waals surface area contributed by atoms with E-state index in [9.17, 15) is 0 Å². The standard InChI is InChI=1S/C6H9N3S.H2O/c1-4-3-10-6(9-4)2-5(7)8;/h3H,2H2,1H3,(H3,7,8);1H2. The molecule has 1 rings (SSSR count). The maximum Gasteiger partial charge on any atom is 0.100 e. The minimum atomic E-state index is 0. The third-order valence-electron chi connectivity index (χ3n) is 1.01. The fourth-order valence-electron chi connectivity index (χ4n) is 0.647. The molecule has 0 amide bonds. The highest BCUT2D eigenvalue weighted by molar-refractivity contribution is 7.09. The number of rotatable bonds is 2. The Bertz CT molecular complexity index is 246. The number of nitrogens with one attached hydrogen (secondary N) is 1. The number of nitrogens with two attached hydrogens (primary N) is 1. The highest BCUT2D eigenvalue weighted by atomic mass is 32.1. The van der Waals surface area contributed by atoms with Gasteiger partial charge in [0.25, 0.3) is 0 Å². The van der Waals surface area contributed by atoms with Crippen LogP contribution < -0.4 is 5.73 Å². The molecule has 62 valence electrons. The molecule has 1 heterocycles. The van der Waals surface area contributed by atoms with E-state index >= 15 is 0 Å². The second kappa shape index (κ2) is 4.05. The topological polar surface area (TPSA) is 94.3 Å². The zero-order chi connectivity index (χ0) is 7.56. The molecule has 0 bridgehead atoms. The number of hydrogen-bond donors (Lipinski definition) is 2. The van der Waals surface area contributed by atoms with Crippen LogP contribution in [0.15, 0.2) is 5.38 Å². The van der Waals surface area contributed by atoms with E-state index < -0.39 is 0 Å². The molecule has 0 atom stereocenters. The van der Waals surface area contributed by atoms with Crippen LogP contribution in [0.4, 0.5) is 0 Å². The first-order chi connectivity index (χ1) is 4.68. The van der Waals surface area contributed by atoms with Crippen LogP contribution in [0, 0.1) is 12.3 Å². The second-order valence-corrected chi connectivity index (χ2v) is 3.03. The summed E-state index contributed by atoms with van der Waals surface area (Å²) in [6.07, 6.45) is 0.485. The zero-order valence-corrected chi connectivity index (χ0v) is 7.03. The van der Waals surface area contributed by atoms with Crippen LogP contribution in [0.1, 0.15) is 10.7 Å². The van der Waals surface area contributed by atoms with E-state index in [0.29, 0.717) is 6.42 Å². The predicted octanol–water partition coefficient (Wildman–Crippen LogP) is 0.105. The summed E-state index contributed by atoms with van der Waals surface area (Å²) < 4.78 is 0. The largest absolute Gasteiger partial charge is 0.412 e. The highest BCUT2D eigenvalue weighted by Crippen LogP contribution is 2.08. The molecular formula is C6H11N3OS. The van der Waals surface area contributed by atoms with Crippen molar-refractivity contribution in [2.75, 3.05) is 0 Å². The molecule has 0 saturated heterocycles. The van der Waals surface area contributed by atoms with Crippen LogP contribution in [-0.4, -0.2) is 16.3 Å². The summed E-state index contributed by atoms with van der Waals surface area (Å²) in [6, 6.07) is 0. The zero-order valence-electron chi connectivity index (χ0n) is 6.22. The van der Waals surface area contributed by atoms with Crippen LogP contribution in [0.25, 0.3) is 0 Å². The van der Waals surface area contributed by atoms with Gasteiger partial charge in [0, 0.05) is 11.1 Å². The molecule has 0 aromatic carbocycles. The maximum absolute atomic E-state index is 6.99. The summed E-state index contributed by atoms with van der Waals surface area (Å²) >= 11 is 1.55. The predicted molar refractivity (Wildman–Crippen MR) is 46.1 cm³/mol. The third kappa shape index (κ3) is 3.10. The van der Waals surface area contributed by atoms with Crippen molar-refractivity contribution in [3.63, 3.8) is 0 Å². The molecule has 5 N–H and O–H groups in total. The number of nitrogens with zero attached hydrogens (tertiary/aromatic N) is 1. The Labute approximate surface area is 68.9 Å². The van der Waals surface area contributed by atoms with Gasteiger partial charge in [-0.05, 0) is 6.92 Å². The van der Waals surface area contributed by atoms with Gasteiger partial charge in [-0.1, -0.05) is 0 Å². The molecule has 0 radical (unpaired) electrons. The van der Waals surface area contributed by atoms with Gasteiger partial charge in [-0.3, -0.25) is 5.41 Å². The van der Waals surface area contributed by atoms with E-state index in [0.717, 1.165) is 10.7 Å². The SMILES string of the molecule is Cc1csc(CC(=N)N)n1.O. The van der Waals surface area contributed by atoms with Gasteiger partial charge in [0.2, 0.25) is 0 Å². The molecule has 0 aliphatic rings. The molecule has 0 fully saturated rings. The summed E-state index contributed by atoms with van der Waals surface area (Å²) in [5, 5.41) is 9.86. The highest BCUT2D eigenvalue weighted by Gasteiger charge is 1.98. The lowest BCUT2D eigenvalue weighted by Gasteiger charge is -1.89. The monoisotopic (exact) mass is 173 g/mol. The molecule has 1 aromatic heterocycles. The first kappa shape index (κ1) is 10.1. The molecule has 1 aromatic rings. The average molecular weight is 173 g/mol. The van der Waals surface area contributed by atoms with E-state index in [2.05, 4.69) is 4.98 Å². The third-order valence-corrected chi connectivity index (χ3v) is 1.97. The minimum Gasteiger partial charge on any atom is -0.412 e. The Kier molecular flexibility index (Phi) is 3.70. The summed E-state index contributed by atoms with van der Waals surface area (Å²) in [6.45, 7) is 1.93. The van der Waals surface area contributed by atoms with Crippen LogP contribution in [0.5, 0.6) is 0 Å². The molecule has 5 heteroatoms. The first-order valence-corrected chi connectivity index (χ1v) is 3.80. The van der Waals surface area contributed by atoms with Crippen LogP contribution in [-0.2, 0) is 6.42 Å². The molecule has 0 aliphatic carbocycles. The van der Waals surface area contributed by atoms with Gasteiger partial charge >= 0.3 is 0 Å². The lowest BCUT2D eigenvalue weighted by molar-refractivity contribution is 0.824. The number of hydrogen-bond acceptors (Lipinski definition) is 3. The van der Waals surface area contributed by atoms with E-state index in [1.54, 1.807) is 11.3 Å². The van der Waals surface area contributed by atoms with Crippen molar-refractivity contribution in [3.05, 3.63) is 16.1 Å². The Morgan fingerprint density at radius 1 is 1.82 bits per heavy atom. The van der Waals surface area contributed by atoms with Gasteiger partial charge in [-0.2, -0.15) is 0 Å². The van der Waals surface area contributed by atoms with Gasteiger partial charge in [0.1, 0.15) is 5.01 Å². The average Bonchev–Trinajstić information content (AvgIpc) is 2.13. The van der Waals surface area contributed by atoms with E-state index in [-0.39, 0.29) is 11.3 Å². The van der Waals surface area contributed by atoms with Crippen molar-refractivity contribution >= 4 is 17.2 Å². The van der Waals surface area contributed by atoms with E-state index in [1.807, 2.05) is 12.3 Å². The van der Waals surface area contributed by atoms with Crippen LogP contribution >= 0.6 is 11.3 Å². The van der Waals surface area contributed by atoms with Crippen LogP contribution in [0.3, 0.4) is 0 Å².